The minimum Gasteiger partial charge on any atom is -0.394 e. The van der Waals surface area contributed by atoms with E-state index in [1.165, 1.54) is 11.1 Å². The first-order chi connectivity index (χ1) is 25.3. The molecule has 0 radical (unpaired) electrons. The molecule has 6 rings (SSSR count). The van der Waals surface area contributed by atoms with Gasteiger partial charge in [0.25, 0.3) is 0 Å². The first-order valence-corrected chi connectivity index (χ1v) is 20.5. The summed E-state index contributed by atoms with van der Waals surface area (Å²) in [5.74, 6) is 1.14. The van der Waals surface area contributed by atoms with Crippen LogP contribution in [0.25, 0.3) is 0 Å². The number of fused-ring (bicyclic) bond motifs is 5. The van der Waals surface area contributed by atoms with Crippen LogP contribution in [0.3, 0.4) is 0 Å². The van der Waals surface area contributed by atoms with Crippen LogP contribution in [0.5, 0.6) is 0 Å². The predicted octanol–water partition coefficient (Wildman–Crippen LogP) is 2.95. The summed E-state index contributed by atoms with van der Waals surface area (Å²) in [6.45, 7) is 17.1. The van der Waals surface area contributed by atoms with E-state index < -0.39 is 80.0 Å². The molecule has 0 aromatic heterocycles. The first-order valence-electron chi connectivity index (χ1n) is 20.5. The molecule has 2 saturated heterocycles. The molecule has 1 unspecified atom stereocenters. The van der Waals surface area contributed by atoms with Crippen LogP contribution >= 0.6 is 0 Å². The van der Waals surface area contributed by atoms with E-state index in [1.54, 1.807) is 0 Å². The van der Waals surface area contributed by atoms with Crippen LogP contribution < -0.4 is 0 Å². The van der Waals surface area contributed by atoms with Gasteiger partial charge in [-0.2, -0.15) is 0 Å². The molecule has 0 bridgehead atoms. The maximum atomic E-state index is 12.1. The molecule has 0 spiro atoms. The summed E-state index contributed by atoms with van der Waals surface area (Å²) in [4.78, 5) is 0. The standard InChI is InChI=1S/C42H70O12/c1-21(2)10-9-11-22(3)23-12-16-42(8)30(23)24(45)18-28-40(6)15-14-29(39(4,5)27(40)13-17-41(28,42)7)53-38-36(34(49)32(47)26(20-44)52-38)54-37-35(50)33(48)31(46)25(19-43)51-37/h10-11,23-38,43-50H,9,12-20H2,1-8H3/b22-11+/t23-,24-,25-,26-,27+,28-,29+,30?,31-,32-,33+,34+,35-,36-,37+,38+,40+,41-,42-/m1/s1. The highest BCUT2D eigenvalue weighted by molar-refractivity contribution is 5.23. The Morgan fingerprint density at radius 3 is 1.91 bits per heavy atom. The van der Waals surface area contributed by atoms with Gasteiger partial charge >= 0.3 is 0 Å². The highest BCUT2D eigenvalue weighted by atomic mass is 16.8. The van der Waals surface area contributed by atoms with Gasteiger partial charge in [-0.05, 0) is 117 Å². The monoisotopic (exact) mass is 766 g/mol. The quantitative estimate of drug-likeness (QED) is 0.126. The second kappa shape index (κ2) is 15.6. The van der Waals surface area contributed by atoms with Gasteiger partial charge in [0.1, 0.15) is 48.8 Å². The summed E-state index contributed by atoms with van der Waals surface area (Å²) in [6, 6.07) is 0. The SMILES string of the molecule is CC(C)=CC/C=C(\C)[C@H]1CC[C@]2(C)C1[C@H](O)C[C@@H]1[C@@]3(C)CC[C@H](O[C@@H]4O[C@H](CO)[C@@H](O)[C@H](O)[C@H]4O[C@@H]4O[C@H](CO)[C@@H](O)[C@H](O)[C@H]4O)C(C)(C)[C@@H]3CC[C@]12C. The molecule has 0 aromatic carbocycles. The second-order valence-corrected chi connectivity index (χ2v) is 19.4. The Kier molecular flexibility index (Phi) is 12.3. The number of allylic oxidation sites excluding steroid dienone is 4. The van der Waals surface area contributed by atoms with E-state index in [0.29, 0.717) is 18.3 Å². The van der Waals surface area contributed by atoms with Crippen LogP contribution in [0.1, 0.15) is 107 Å². The third-order valence-corrected chi connectivity index (χ3v) is 16.1. The molecule has 54 heavy (non-hydrogen) atoms. The normalized spacial score (nSPS) is 51.9. The van der Waals surface area contributed by atoms with E-state index in [4.69, 9.17) is 18.9 Å². The van der Waals surface area contributed by atoms with Crippen molar-refractivity contribution < 1.29 is 59.8 Å². The summed E-state index contributed by atoms with van der Waals surface area (Å²) >= 11 is 0. The third-order valence-electron chi connectivity index (χ3n) is 16.1. The molecule has 4 aliphatic carbocycles. The Labute approximate surface area is 321 Å². The zero-order chi connectivity index (χ0) is 39.7. The van der Waals surface area contributed by atoms with Crippen molar-refractivity contribution in [2.24, 2.45) is 45.3 Å². The second-order valence-electron chi connectivity index (χ2n) is 19.4. The van der Waals surface area contributed by atoms with Gasteiger partial charge < -0.3 is 59.8 Å². The van der Waals surface area contributed by atoms with E-state index in [-0.39, 0.29) is 40.3 Å². The number of aliphatic hydroxyl groups is 8. The minimum absolute atomic E-state index is 0.00171. The summed E-state index contributed by atoms with van der Waals surface area (Å²) in [5.41, 5.74) is 2.29. The lowest BCUT2D eigenvalue weighted by Crippen LogP contribution is -2.67. The van der Waals surface area contributed by atoms with E-state index in [9.17, 15) is 40.9 Å². The van der Waals surface area contributed by atoms with Gasteiger partial charge in [-0.15, -0.1) is 0 Å². The molecular weight excluding hydrogens is 696 g/mol. The van der Waals surface area contributed by atoms with Crippen LogP contribution in [0.15, 0.2) is 23.3 Å². The molecule has 2 heterocycles. The van der Waals surface area contributed by atoms with Crippen LogP contribution in [-0.4, -0.2) is 128 Å². The fraction of sp³-hybridized carbons (Fsp3) is 0.905. The number of hydrogen-bond acceptors (Lipinski definition) is 12. The molecule has 19 atom stereocenters. The van der Waals surface area contributed by atoms with Gasteiger partial charge in [-0.3, -0.25) is 0 Å². The summed E-state index contributed by atoms with van der Waals surface area (Å²) in [5, 5.41) is 85.4. The van der Waals surface area contributed by atoms with Crippen molar-refractivity contribution in [1.29, 1.82) is 0 Å². The third kappa shape index (κ3) is 6.89. The predicted molar refractivity (Wildman–Crippen MR) is 199 cm³/mol. The number of aliphatic hydroxyl groups excluding tert-OH is 8. The van der Waals surface area contributed by atoms with Crippen molar-refractivity contribution in [3.63, 3.8) is 0 Å². The molecule has 0 aromatic rings. The van der Waals surface area contributed by atoms with Crippen LogP contribution in [0.4, 0.5) is 0 Å². The summed E-state index contributed by atoms with van der Waals surface area (Å²) in [6.07, 6.45) is -3.65. The Balaban J connectivity index is 1.23. The molecule has 12 nitrogen and oxygen atoms in total. The number of rotatable bonds is 9. The highest BCUT2D eigenvalue weighted by Crippen LogP contribution is 2.75. The summed E-state index contributed by atoms with van der Waals surface area (Å²) in [7, 11) is 0. The van der Waals surface area contributed by atoms with Gasteiger partial charge in [0.05, 0.1) is 25.4 Å². The smallest absolute Gasteiger partial charge is 0.187 e. The maximum Gasteiger partial charge on any atom is 0.187 e. The van der Waals surface area contributed by atoms with Crippen molar-refractivity contribution >= 4 is 0 Å². The van der Waals surface area contributed by atoms with Gasteiger partial charge in [0, 0.05) is 0 Å². The van der Waals surface area contributed by atoms with E-state index in [1.807, 2.05) is 0 Å². The van der Waals surface area contributed by atoms with Gasteiger partial charge in [-0.25, -0.2) is 0 Å². The van der Waals surface area contributed by atoms with Crippen molar-refractivity contribution in [3.8, 4) is 0 Å². The van der Waals surface area contributed by atoms with Crippen molar-refractivity contribution in [3.05, 3.63) is 23.3 Å². The minimum atomic E-state index is -1.74. The van der Waals surface area contributed by atoms with Gasteiger partial charge in [-0.1, -0.05) is 57.9 Å². The van der Waals surface area contributed by atoms with Gasteiger partial charge in [0.2, 0.25) is 0 Å². The average Bonchev–Trinajstić information content (AvgIpc) is 3.49. The maximum absolute atomic E-state index is 12.1. The lowest BCUT2D eigenvalue weighted by Gasteiger charge is -2.70. The van der Waals surface area contributed by atoms with Crippen LogP contribution in [-0.2, 0) is 18.9 Å². The lowest BCUT2D eigenvalue weighted by atomic mass is 9.35. The largest absolute Gasteiger partial charge is 0.394 e. The number of hydrogen-bond donors (Lipinski definition) is 8. The fourth-order valence-corrected chi connectivity index (χ4v) is 12.9. The molecule has 0 amide bonds. The zero-order valence-electron chi connectivity index (χ0n) is 33.7. The Morgan fingerprint density at radius 1 is 0.667 bits per heavy atom. The lowest BCUT2D eigenvalue weighted by molar-refractivity contribution is -0.378. The van der Waals surface area contributed by atoms with Gasteiger partial charge in [0.15, 0.2) is 12.6 Å². The molecule has 8 N–H and O–H groups in total. The first kappa shape index (κ1) is 42.6. The Hall–Kier alpha value is -1.00. The van der Waals surface area contributed by atoms with Crippen molar-refractivity contribution in [1.82, 2.24) is 0 Å². The van der Waals surface area contributed by atoms with Crippen LogP contribution in [0, 0.1) is 45.3 Å². The van der Waals surface area contributed by atoms with E-state index in [2.05, 4.69) is 67.5 Å². The summed E-state index contributed by atoms with van der Waals surface area (Å²) < 4.78 is 24.4. The Bertz CT molecular complexity index is 1380. The average molecular weight is 767 g/mol. The molecular formula is C42H70O12. The topological polar surface area (TPSA) is 199 Å². The fourth-order valence-electron chi connectivity index (χ4n) is 12.9. The van der Waals surface area contributed by atoms with E-state index in [0.717, 1.165) is 44.9 Å². The molecule has 12 heteroatoms. The van der Waals surface area contributed by atoms with Crippen LogP contribution in [0.2, 0.25) is 0 Å². The molecule has 6 fully saturated rings. The highest BCUT2D eigenvalue weighted by Gasteiger charge is 2.70. The van der Waals surface area contributed by atoms with E-state index >= 15 is 0 Å². The Morgan fingerprint density at radius 2 is 1.28 bits per heavy atom. The van der Waals surface area contributed by atoms with Crippen molar-refractivity contribution in [2.75, 3.05) is 13.2 Å². The zero-order valence-corrected chi connectivity index (χ0v) is 33.7. The molecule has 310 valence electrons. The molecule has 4 saturated carbocycles. The number of ether oxygens (including phenoxy) is 4. The van der Waals surface area contributed by atoms with Crippen molar-refractivity contribution in [2.45, 2.75) is 180 Å². The molecule has 2 aliphatic heterocycles. The molecule has 6 aliphatic rings.